The number of carbonyl (C=O) groups is 1. The molecule has 0 aliphatic heterocycles. The summed E-state index contributed by atoms with van der Waals surface area (Å²) >= 11 is 0. The Morgan fingerprint density at radius 3 is 2.00 bits per heavy atom. The summed E-state index contributed by atoms with van der Waals surface area (Å²) in [6.07, 6.45) is 0.222. The van der Waals surface area contributed by atoms with E-state index in [1.165, 1.54) is 0 Å². The van der Waals surface area contributed by atoms with Gasteiger partial charge in [-0.25, -0.2) is 0 Å². The summed E-state index contributed by atoms with van der Waals surface area (Å²) < 4.78 is 0. The Labute approximate surface area is 58.8 Å². The van der Waals surface area contributed by atoms with Gasteiger partial charge in [0, 0.05) is 36.0 Å². The molecule has 1 N–H and O–H groups in total. The molecule has 0 aliphatic rings. The van der Waals surface area contributed by atoms with Crippen LogP contribution in [0.5, 0.6) is 0 Å². The van der Waals surface area contributed by atoms with Crippen molar-refractivity contribution in [3.05, 3.63) is 0 Å². The van der Waals surface area contributed by atoms with E-state index >= 15 is 0 Å². The van der Waals surface area contributed by atoms with Gasteiger partial charge in [0.05, 0.1) is 0 Å². The van der Waals surface area contributed by atoms with Crippen LogP contribution in [0.1, 0.15) is 13.3 Å². The third kappa shape index (κ3) is 8.82. The second-order valence-electron chi connectivity index (χ2n) is 0.747. The zero-order valence-electron chi connectivity index (χ0n) is 4.06. The maximum Gasteiger partial charge on any atom is 0.303 e. The van der Waals surface area contributed by atoms with Crippen molar-refractivity contribution in [2.24, 2.45) is 0 Å². The van der Waals surface area contributed by atoms with Crippen molar-refractivity contribution in [2.45, 2.75) is 13.3 Å². The Hall–Kier alpha value is 0.470. The van der Waals surface area contributed by atoms with Crippen LogP contribution < -0.4 is 0 Å². The molecular weight excluding hydrogens is 92.0 g/mol. The van der Waals surface area contributed by atoms with Crippen LogP contribution >= 0.6 is 0 Å². The summed E-state index contributed by atoms with van der Waals surface area (Å²) in [5, 5.41) is 7.72. The van der Waals surface area contributed by atoms with Gasteiger partial charge in [-0.3, -0.25) is 4.79 Å². The fourth-order valence-corrected chi connectivity index (χ4v) is 0. The minimum atomic E-state index is -0.745. The van der Waals surface area contributed by atoms with Gasteiger partial charge in [-0.1, -0.05) is 6.92 Å². The SMILES string of the molecule is CC[13C](=O)O.[Na]. The van der Waals surface area contributed by atoms with Gasteiger partial charge in [0.1, 0.15) is 0 Å². The van der Waals surface area contributed by atoms with Crippen molar-refractivity contribution in [1.29, 1.82) is 0 Å². The summed E-state index contributed by atoms with van der Waals surface area (Å²) in [6, 6.07) is 0. The molecule has 0 unspecified atom stereocenters. The molecule has 0 aromatic carbocycles. The summed E-state index contributed by atoms with van der Waals surface area (Å²) in [5.41, 5.74) is 0. The quantitative estimate of drug-likeness (QED) is 0.373. The first-order chi connectivity index (χ1) is 2.27. The standard InChI is InChI=1S/C3H6O2.Na/c1-2-3(4)5;/h2H2,1H3,(H,4,5);/i3+1;. The largest absolute Gasteiger partial charge is 0.481 e. The van der Waals surface area contributed by atoms with Crippen LogP contribution in [0.25, 0.3) is 0 Å². The number of hydrogen-bond acceptors (Lipinski definition) is 1. The molecule has 0 fully saturated rings. The first-order valence-electron chi connectivity index (χ1n) is 1.49. The van der Waals surface area contributed by atoms with Gasteiger partial charge in [0.2, 0.25) is 0 Å². The number of aliphatic carboxylic acids is 1. The second-order valence-corrected chi connectivity index (χ2v) is 0.747. The normalized spacial score (nSPS) is 6.17. The van der Waals surface area contributed by atoms with Gasteiger partial charge >= 0.3 is 5.97 Å². The molecule has 3 heteroatoms. The summed E-state index contributed by atoms with van der Waals surface area (Å²) in [7, 11) is 0. The van der Waals surface area contributed by atoms with Crippen molar-refractivity contribution in [2.75, 3.05) is 0 Å². The summed E-state index contributed by atoms with van der Waals surface area (Å²) in [4.78, 5) is 9.37. The number of rotatable bonds is 1. The molecule has 6 heavy (non-hydrogen) atoms. The monoisotopic (exact) mass is 98.0 g/mol. The van der Waals surface area contributed by atoms with E-state index in [2.05, 4.69) is 0 Å². The minimum absolute atomic E-state index is 0. The average Bonchev–Trinajstić information content (AvgIpc) is 1.38. The van der Waals surface area contributed by atoms with Gasteiger partial charge in [-0.2, -0.15) is 0 Å². The third-order valence-corrected chi connectivity index (χ3v) is 0.302. The molecule has 2 nitrogen and oxygen atoms in total. The molecule has 0 saturated carbocycles. The molecule has 0 aromatic heterocycles. The molecule has 31 valence electrons. The zero-order chi connectivity index (χ0) is 4.28. The first kappa shape index (κ1) is 9.69. The Kier molecular flexibility index (Phi) is 8.83. The smallest absolute Gasteiger partial charge is 0.303 e. The third-order valence-electron chi connectivity index (χ3n) is 0.302. The van der Waals surface area contributed by atoms with Crippen LogP contribution in [0.2, 0.25) is 0 Å². The first-order valence-corrected chi connectivity index (χ1v) is 1.49. The Bertz CT molecular complexity index is 44.1. The maximum absolute atomic E-state index is 9.37. The van der Waals surface area contributed by atoms with Crippen LogP contribution in [0.15, 0.2) is 0 Å². The zero-order valence-corrected chi connectivity index (χ0v) is 6.06. The van der Waals surface area contributed by atoms with E-state index in [0.717, 1.165) is 0 Å². The van der Waals surface area contributed by atoms with E-state index in [9.17, 15) is 4.79 Å². The van der Waals surface area contributed by atoms with Gasteiger partial charge in [-0.15, -0.1) is 0 Å². The van der Waals surface area contributed by atoms with Crippen molar-refractivity contribution in [3.63, 3.8) is 0 Å². The Morgan fingerprint density at radius 2 is 2.00 bits per heavy atom. The number of carboxylic acid groups (broad SMARTS) is 1. The molecule has 0 bridgehead atoms. The predicted molar refractivity (Wildman–Crippen MR) is 23.7 cm³/mol. The molecule has 0 rings (SSSR count). The van der Waals surface area contributed by atoms with E-state index in [4.69, 9.17) is 5.11 Å². The molecule has 1 radical (unpaired) electrons. The van der Waals surface area contributed by atoms with Gasteiger partial charge in [0.15, 0.2) is 0 Å². The van der Waals surface area contributed by atoms with Crippen LogP contribution in [0, 0.1) is 0 Å². The van der Waals surface area contributed by atoms with E-state index < -0.39 is 5.97 Å². The van der Waals surface area contributed by atoms with Crippen LogP contribution in [0.4, 0.5) is 0 Å². The average molecular weight is 98.1 g/mol. The molecule has 0 heterocycles. The van der Waals surface area contributed by atoms with Gasteiger partial charge in [0.25, 0.3) is 0 Å². The Morgan fingerprint density at radius 1 is 1.83 bits per heavy atom. The minimum Gasteiger partial charge on any atom is -0.481 e. The van der Waals surface area contributed by atoms with Crippen LogP contribution in [0.3, 0.4) is 0 Å². The van der Waals surface area contributed by atoms with E-state index in [-0.39, 0.29) is 36.0 Å². The second kappa shape index (κ2) is 5.47. The molecule has 0 spiro atoms. The van der Waals surface area contributed by atoms with E-state index in [1.807, 2.05) is 0 Å². The Balaban J connectivity index is 0. The fraction of sp³-hybridized carbons (Fsp3) is 0.667. The maximum atomic E-state index is 9.37. The molecule has 0 aliphatic carbocycles. The molecule has 0 aromatic rings. The van der Waals surface area contributed by atoms with Crippen LogP contribution in [-0.4, -0.2) is 40.6 Å². The van der Waals surface area contributed by atoms with Crippen molar-refractivity contribution in [1.82, 2.24) is 0 Å². The van der Waals surface area contributed by atoms with Crippen molar-refractivity contribution in [3.8, 4) is 0 Å². The van der Waals surface area contributed by atoms with E-state index in [0.29, 0.717) is 0 Å². The van der Waals surface area contributed by atoms with Gasteiger partial charge < -0.3 is 5.11 Å². The fourth-order valence-electron chi connectivity index (χ4n) is 0. The van der Waals surface area contributed by atoms with Gasteiger partial charge in [-0.05, 0) is 0 Å². The summed E-state index contributed by atoms with van der Waals surface area (Å²) in [5.74, 6) is -0.745. The van der Waals surface area contributed by atoms with Crippen molar-refractivity contribution >= 4 is 35.5 Å². The topological polar surface area (TPSA) is 37.3 Å². The molecule has 0 amide bonds. The van der Waals surface area contributed by atoms with Crippen molar-refractivity contribution < 1.29 is 9.90 Å². The predicted octanol–water partition coefficient (Wildman–Crippen LogP) is 0.100. The number of carboxylic acids is 1. The molecule has 0 atom stereocenters. The van der Waals surface area contributed by atoms with E-state index in [1.54, 1.807) is 6.92 Å². The number of hydrogen-bond donors (Lipinski definition) is 1. The summed E-state index contributed by atoms with van der Waals surface area (Å²) in [6.45, 7) is 1.60. The van der Waals surface area contributed by atoms with Crippen LogP contribution in [-0.2, 0) is 4.79 Å². The molecule has 0 saturated heterocycles. The molecular formula is C3H6NaO2.